The molecule has 5 rings (SSSR count). The van der Waals surface area contributed by atoms with Crippen LogP contribution in [-0.4, -0.2) is 46.3 Å². The lowest BCUT2D eigenvalue weighted by atomic mass is 9.94. The van der Waals surface area contributed by atoms with Gasteiger partial charge in [0, 0.05) is 12.6 Å². The number of carbonyl (C=O) groups is 2. The first-order valence-electron chi connectivity index (χ1n) is 8.81. The average Bonchev–Trinajstić information content (AvgIpc) is 2.91. The van der Waals surface area contributed by atoms with Crippen molar-refractivity contribution in [3.05, 3.63) is 0 Å². The molecule has 2 saturated heterocycles. The van der Waals surface area contributed by atoms with Crippen molar-refractivity contribution < 1.29 is 9.59 Å². The smallest absolute Gasteiger partial charge is 0.246 e. The molecule has 4 nitrogen and oxygen atoms in total. The van der Waals surface area contributed by atoms with Crippen molar-refractivity contribution in [3.8, 4) is 0 Å². The Labute approximate surface area is 125 Å². The van der Waals surface area contributed by atoms with E-state index in [0.717, 1.165) is 49.5 Å². The van der Waals surface area contributed by atoms with Crippen molar-refractivity contribution in [2.24, 2.45) is 23.7 Å². The third-order valence-electron chi connectivity index (χ3n) is 7.12. The highest BCUT2D eigenvalue weighted by Crippen LogP contribution is 2.67. The number of hydrogen-bond donors (Lipinski definition) is 0. The lowest BCUT2D eigenvalue weighted by molar-refractivity contribution is -0.164. The van der Waals surface area contributed by atoms with Crippen LogP contribution in [0.15, 0.2) is 0 Å². The second-order valence-corrected chi connectivity index (χ2v) is 7.94. The van der Waals surface area contributed by atoms with E-state index in [1.54, 1.807) is 0 Å². The zero-order valence-electron chi connectivity index (χ0n) is 12.7. The Bertz CT molecular complexity index is 503. The van der Waals surface area contributed by atoms with Gasteiger partial charge in [-0.05, 0) is 69.1 Å². The van der Waals surface area contributed by atoms with E-state index in [4.69, 9.17) is 0 Å². The maximum atomic E-state index is 13.0. The fourth-order valence-electron chi connectivity index (χ4n) is 6.23. The topological polar surface area (TPSA) is 40.6 Å². The molecule has 2 heterocycles. The van der Waals surface area contributed by atoms with Gasteiger partial charge in [-0.25, -0.2) is 0 Å². The largest absolute Gasteiger partial charge is 0.329 e. The summed E-state index contributed by atoms with van der Waals surface area (Å²) >= 11 is 0. The van der Waals surface area contributed by atoms with Gasteiger partial charge in [0.1, 0.15) is 12.1 Å². The highest BCUT2D eigenvalue weighted by Gasteiger charge is 2.69. The van der Waals surface area contributed by atoms with Crippen LogP contribution in [0.25, 0.3) is 0 Å². The Balaban J connectivity index is 1.44. The number of nitrogens with zero attached hydrogens (tertiary/aromatic N) is 2. The highest BCUT2D eigenvalue weighted by atomic mass is 16.2. The first kappa shape index (κ1) is 12.5. The van der Waals surface area contributed by atoms with Gasteiger partial charge in [0.15, 0.2) is 0 Å². The van der Waals surface area contributed by atoms with Crippen molar-refractivity contribution in [2.75, 3.05) is 6.54 Å². The third kappa shape index (κ3) is 1.46. The average molecular weight is 288 g/mol. The minimum atomic E-state index is -0.221. The van der Waals surface area contributed by atoms with Gasteiger partial charge in [0.2, 0.25) is 11.8 Å². The lowest BCUT2D eigenvalue weighted by Gasteiger charge is -2.47. The van der Waals surface area contributed by atoms with E-state index in [1.807, 2.05) is 16.7 Å². The molecular weight excluding hydrogens is 264 g/mol. The standard InChI is InChI=1S/C17H24N2O2/c1-9-16(20)18-7-3-2-4-12(18)17(21)19(9)15-13-10-5-6-11(8-10)14(13)15/h9-15H,2-8H2,1H3. The SMILES string of the molecule is CC1C(=O)N2CCCCC2C(=O)N1C1C2C3CCC(C3)C21. The second-order valence-electron chi connectivity index (χ2n) is 7.94. The number of piperazine rings is 1. The molecule has 2 amide bonds. The van der Waals surface area contributed by atoms with Gasteiger partial charge in [-0.3, -0.25) is 9.59 Å². The van der Waals surface area contributed by atoms with E-state index in [1.165, 1.54) is 19.3 Å². The molecule has 0 aromatic carbocycles. The zero-order valence-corrected chi connectivity index (χ0v) is 12.7. The van der Waals surface area contributed by atoms with Crippen molar-refractivity contribution in [3.63, 3.8) is 0 Å². The molecule has 6 atom stereocenters. The summed E-state index contributed by atoms with van der Waals surface area (Å²) in [5.41, 5.74) is 0. The minimum Gasteiger partial charge on any atom is -0.329 e. The monoisotopic (exact) mass is 288 g/mol. The molecule has 3 aliphatic carbocycles. The number of carbonyl (C=O) groups excluding carboxylic acids is 2. The molecule has 5 aliphatic rings. The van der Waals surface area contributed by atoms with Gasteiger partial charge in [0.25, 0.3) is 0 Å². The summed E-state index contributed by atoms with van der Waals surface area (Å²) < 4.78 is 0. The van der Waals surface area contributed by atoms with E-state index in [-0.39, 0.29) is 23.9 Å². The van der Waals surface area contributed by atoms with Crippen LogP contribution in [-0.2, 0) is 9.59 Å². The molecular formula is C17H24N2O2. The lowest BCUT2D eigenvalue weighted by Crippen LogP contribution is -2.66. The van der Waals surface area contributed by atoms with Gasteiger partial charge in [-0.15, -0.1) is 0 Å². The number of hydrogen-bond acceptors (Lipinski definition) is 2. The number of fused-ring (bicyclic) bond motifs is 6. The van der Waals surface area contributed by atoms with Gasteiger partial charge in [-0.2, -0.15) is 0 Å². The van der Waals surface area contributed by atoms with Gasteiger partial charge < -0.3 is 9.80 Å². The maximum Gasteiger partial charge on any atom is 0.246 e. The summed E-state index contributed by atoms with van der Waals surface area (Å²) in [6.07, 6.45) is 7.14. The van der Waals surface area contributed by atoms with Crippen LogP contribution in [0.2, 0.25) is 0 Å². The fraction of sp³-hybridized carbons (Fsp3) is 0.882. The number of piperidine rings is 1. The molecule has 6 unspecified atom stereocenters. The van der Waals surface area contributed by atoms with Crippen molar-refractivity contribution in [2.45, 2.75) is 63.6 Å². The van der Waals surface area contributed by atoms with Crippen molar-refractivity contribution in [1.82, 2.24) is 9.80 Å². The van der Waals surface area contributed by atoms with Gasteiger partial charge in [0.05, 0.1) is 0 Å². The Morgan fingerprint density at radius 2 is 1.67 bits per heavy atom. The first-order chi connectivity index (χ1) is 10.2. The Hall–Kier alpha value is -1.06. The summed E-state index contributed by atoms with van der Waals surface area (Å²) in [5.74, 6) is 3.64. The minimum absolute atomic E-state index is 0.138. The van der Waals surface area contributed by atoms with Gasteiger partial charge >= 0.3 is 0 Å². The van der Waals surface area contributed by atoms with Crippen LogP contribution in [0.5, 0.6) is 0 Å². The molecule has 114 valence electrons. The summed E-state index contributed by atoms with van der Waals surface area (Å²) in [4.78, 5) is 29.6. The van der Waals surface area contributed by atoms with E-state index in [9.17, 15) is 9.59 Å². The van der Waals surface area contributed by atoms with Crippen molar-refractivity contribution in [1.29, 1.82) is 0 Å². The molecule has 2 bridgehead atoms. The predicted octanol–water partition coefficient (Wildman–Crippen LogP) is 1.64. The summed E-state index contributed by atoms with van der Waals surface area (Å²) in [7, 11) is 0. The Morgan fingerprint density at radius 1 is 0.952 bits per heavy atom. The molecule has 21 heavy (non-hydrogen) atoms. The Morgan fingerprint density at radius 3 is 2.38 bits per heavy atom. The van der Waals surface area contributed by atoms with Crippen LogP contribution < -0.4 is 0 Å². The van der Waals surface area contributed by atoms with Gasteiger partial charge in [-0.1, -0.05) is 0 Å². The molecule has 0 aromatic heterocycles. The summed E-state index contributed by atoms with van der Waals surface area (Å²) in [6.45, 7) is 2.75. The quantitative estimate of drug-likeness (QED) is 0.736. The van der Waals surface area contributed by atoms with E-state index in [2.05, 4.69) is 0 Å². The van der Waals surface area contributed by atoms with E-state index >= 15 is 0 Å². The highest BCUT2D eigenvalue weighted by molar-refractivity contribution is 5.97. The second kappa shape index (κ2) is 4.02. The molecule has 4 heteroatoms. The fourth-order valence-corrected chi connectivity index (χ4v) is 6.23. The molecule has 3 saturated carbocycles. The van der Waals surface area contributed by atoms with Crippen molar-refractivity contribution >= 4 is 11.8 Å². The normalized spacial score (nSPS) is 51.2. The number of rotatable bonds is 1. The van der Waals surface area contributed by atoms with E-state index in [0.29, 0.717) is 6.04 Å². The molecule has 5 fully saturated rings. The van der Waals surface area contributed by atoms with E-state index < -0.39 is 0 Å². The first-order valence-corrected chi connectivity index (χ1v) is 8.81. The third-order valence-corrected chi connectivity index (χ3v) is 7.12. The molecule has 0 radical (unpaired) electrons. The molecule has 0 aromatic rings. The van der Waals surface area contributed by atoms with Crippen LogP contribution in [0.1, 0.15) is 45.4 Å². The van der Waals surface area contributed by atoms with Crippen LogP contribution in [0.4, 0.5) is 0 Å². The maximum absolute atomic E-state index is 13.0. The molecule has 0 N–H and O–H groups in total. The predicted molar refractivity (Wildman–Crippen MR) is 77.3 cm³/mol. The summed E-state index contributed by atoms with van der Waals surface area (Å²) in [6, 6.07) is 0.0510. The molecule has 0 spiro atoms. The molecule has 2 aliphatic heterocycles. The number of amides is 2. The van der Waals surface area contributed by atoms with Crippen LogP contribution in [0, 0.1) is 23.7 Å². The van der Waals surface area contributed by atoms with Crippen LogP contribution in [0.3, 0.4) is 0 Å². The van der Waals surface area contributed by atoms with Crippen LogP contribution >= 0.6 is 0 Å². The zero-order chi connectivity index (χ0) is 14.3. The summed E-state index contributed by atoms with van der Waals surface area (Å²) in [5, 5.41) is 0. The Kier molecular flexibility index (Phi) is 2.39.